The van der Waals surface area contributed by atoms with E-state index in [1.54, 1.807) is 19.2 Å². The number of carbonyl (C=O) groups is 1. The van der Waals surface area contributed by atoms with Crippen LogP contribution in [0.1, 0.15) is 0 Å². The summed E-state index contributed by atoms with van der Waals surface area (Å²) < 4.78 is 1.52. The van der Waals surface area contributed by atoms with Gasteiger partial charge < -0.3 is 9.88 Å². The highest BCUT2D eigenvalue weighted by Gasteiger charge is 2.06. The van der Waals surface area contributed by atoms with Gasteiger partial charge in [-0.3, -0.25) is 4.79 Å². The lowest BCUT2D eigenvalue weighted by atomic mass is 10.6. The molecule has 0 saturated heterocycles. The SMILES string of the molecule is CNC(=O)Cn1c(Cl)ccc1Cl. The second kappa shape index (κ2) is 3.83. The summed E-state index contributed by atoms with van der Waals surface area (Å²) in [6, 6.07) is 3.29. The number of likely N-dealkylation sites (N-methyl/N-ethyl adjacent to an activating group) is 1. The maximum Gasteiger partial charge on any atom is 0.239 e. The molecule has 5 heteroatoms. The van der Waals surface area contributed by atoms with Gasteiger partial charge in [-0.25, -0.2) is 0 Å². The summed E-state index contributed by atoms with van der Waals surface area (Å²) in [4.78, 5) is 10.9. The van der Waals surface area contributed by atoms with Gasteiger partial charge in [0.1, 0.15) is 16.9 Å². The fourth-order valence-electron chi connectivity index (χ4n) is 0.793. The number of nitrogens with one attached hydrogen (secondary N) is 1. The van der Waals surface area contributed by atoms with Crippen molar-refractivity contribution >= 4 is 29.1 Å². The molecule has 0 fully saturated rings. The number of hydrogen-bond acceptors (Lipinski definition) is 1. The van der Waals surface area contributed by atoms with Crippen LogP contribution >= 0.6 is 23.2 Å². The van der Waals surface area contributed by atoms with Gasteiger partial charge in [0.25, 0.3) is 0 Å². The lowest BCUT2D eigenvalue weighted by molar-refractivity contribution is -0.121. The van der Waals surface area contributed by atoms with Crippen molar-refractivity contribution in [2.75, 3.05) is 7.05 Å². The molecule has 1 heterocycles. The molecule has 66 valence electrons. The molecule has 0 aliphatic heterocycles. The Labute approximate surface area is 80.3 Å². The van der Waals surface area contributed by atoms with Crippen LogP contribution in [-0.2, 0) is 11.3 Å². The topological polar surface area (TPSA) is 34.0 Å². The average Bonchev–Trinajstić information content (AvgIpc) is 2.35. The number of nitrogens with zero attached hydrogens (tertiary/aromatic N) is 1. The van der Waals surface area contributed by atoms with Crippen LogP contribution in [0.3, 0.4) is 0 Å². The van der Waals surface area contributed by atoms with E-state index in [0.717, 1.165) is 0 Å². The first-order chi connectivity index (χ1) is 5.65. The molecule has 0 radical (unpaired) electrons. The van der Waals surface area contributed by atoms with E-state index in [2.05, 4.69) is 5.32 Å². The van der Waals surface area contributed by atoms with Crippen LogP contribution < -0.4 is 5.32 Å². The van der Waals surface area contributed by atoms with Gasteiger partial charge in [-0.2, -0.15) is 0 Å². The van der Waals surface area contributed by atoms with Crippen molar-refractivity contribution in [1.29, 1.82) is 0 Å². The van der Waals surface area contributed by atoms with E-state index in [1.165, 1.54) is 4.57 Å². The molecule has 0 aliphatic rings. The average molecular weight is 207 g/mol. The Balaban J connectivity index is 2.80. The predicted molar refractivity (Wildman–Crippen MR) is 48.5 cm³/mol. The van der Waals surface area contributed by atoms with Crippen molar-refractivity contribution < 1.29 is 4.79 Å². The summed E-state index contributed by atoms with van der Waals surface area (Å²) >= 11 is 11.5. The molecule has 0 unspecified atom stereocenters. The minimum absolute atomic E-state index is 0.130. The maximum absolute atomic E-state index is 10.9. The minimum Gasteiger partial charge on any atom is -0.358 e. The van der Waals surface area contributed by atoms with E-state index >= 15 is 0 Å². The second-order valence-electron chi connectivity index (χ2n) is 2.24. The van der Waals surface area contributed by atoms with Crippen molar-refractivity contribution in [1.82, 2.24) is 9.88 Å². The summed E-state index contributed by atoms with van der Waals surface area (Å²) in [6.45, 7) is 0.154. The van der Waals surface area contributed by atoms with E-state index < -0.39 is 0 Å². The lowest BCUT2D eigenvalue weighted by Gasteiger charge is -2.04. The van der Waals surface area contributed by atoms with Crippen molar-refractivity contribution in [3.05, 3.63) is 22.4 Å². The Kier molecular flexibility index (Phi) is 3.00. The van der Waals surface area contributed by atoms with Gasteiger partial charge in [0.2, 0.25) is 5.91 Å². The zero-order chi connectivity index (χ0) is 9.14. The molecule has 0 atom stereocenters. The Morgan fingerprint density at radius 3 is 2.42 bits per heavy atom. The third-order valence-corrected chi connectivity index (χ3v) is 2.11. The number of hydrogen-bond donors (Lipinski definition) is 1. The fourth-order valence-corrected chi connectivity index (χ4v) is 1.26. The molecule has 0 aromatic carbocycles. The van der Waals surface area contributed by atoms with Crippen molar-refractivity contribution in [3.8, 4) is 0 Å². The van der Waals surface area contributed by atoms with Crippen LogP contribution in [0.5, 0.6) is 0 Å². The Morgan fingerprint density at radius 1 is 1.50 bits per heavy atom. The highest BCUT2D eigenvalue weighted by Crippen LogP contribution is 2.18. The Morgan fingerprint density at radius 2 is 2.00 bits per heavy atom. The molecule has 1 aromatic heterocycles. The van der Waals surface area contributed by atoms with E-state index in [9.17, 15) is 4.79 Å². The fraction of sp³-hybridized carbons (Fsp3) is 0.286. The largest absolute Gasteiger partial charge is 0.358 e. The van der Waals surface area contributed by atoms with Crippen molar-refractivity contribution in [3.63, 3.8) is 0 Å². The maximum atomic E-state index is 10.9. The van der Waals surface area contributed by atoms with E-state index in [1.807, 2.05) is 0 Å². The number of amides is 1. The predicted octanol–water partition coefficient (Wildman–Crippen LogP) is 1.54. The first-order valence-electron chi connectivity index (χ1n) is 3.36. The normalized spacial score (nSPS) is 9.92. The zero-order valence-electron chi connectivity index (χ0n) is 6.47. The molecule has 0 aliphatic carbocycles. The van der Waals surface area contributed by atoms with Crippen LogP contribution in [0.2, 0.25) is 10.3 Å². The van der Waals surface area contributed by atoms with Crippen LogP contribution in [0.25, 0.3) is 0 Å². The summed E-state index contributed by atoms with van der Waals surface area (Å²) in [5.41, 5.74) is 0. The molecule has 1 N–H and O–H groups in total. The molecular formula is C7H8Cl2N2O. The van der Waals surface area contributed by atoms with Crippen LogP contribution in [0.4, 0.5) is 0 Å². The van der Waals surface area contributed by atoms with E-state index in [4.69, 9.17) is 23.2 Å². The molecule has 1 amide bonds. The molecular weight excluding hydrogens is 199 g/mol. The summed E-state index contributed by atoms with van der Waals surface area (Å²) in [5.74, 6) is -0.130. The minimum atomic E-state index is -0.130. The number of rotatable bonds is 2. The molecule has 3 nitrogen and oxygen atoms in total. The third kappa shape index (κ3) is 1.93. The van der Waals surface area contributed by atoms with Crippen LogP contribution in [0.15, 0.2) is 12.1 Å². The molecule has 0 bridgehead atoms. The smallest absolute Gasteiger partial charge is 0.239 e. The molecule has 0 saturated carbocycles. The zero-order valence-corrected chi connectivity index (χ0v) is 7.99. The van der Waals surface area contributed by atoms with Crippen molar-refractivity contribution in [2.24, 2.45) is 0 Å². The Bertz CT molecular complexity index is 276. The number of aromatic nitrogens is 1. The van der Waals surface area contributed by atoms with Gasteiger partial charge in [-0.15, -0.1) is 0 Å². The molecule has 1 rings (SSSR count). The van der Waals surface area contributed by atoms with Gasteiger partial charge in [-0.05, 0) is 12.1 Å². The molecule has 0 spiro atoms. The molecule has 1 aromatic rings. The van der Waals surface area contributed by atoms with Gasteiger partial charge >= 0.3 is 0 Å². The Hall–Kier alpha value is -0.670. The van der Waals surface area contributed by atoms with Crippen LogP contribution in [0, 0.1) is 0 Å². The lowest BCUT2D eigenvalue weighted by Crippen LogP contribution is -2.23. The van der Waals surface area contributed by atoms with Crippen molar-refractivity contribution in [2.45, 2.75) is 6.54 Å². The molecule has 12 heavy (non-hydrogen) atoms. The number of halogens is 2. The standard InChI is InChI=1S/C7H8Cl2N2O/c1-10-7(12)4-11-5(8)2-3-6(11)9/h2-3H,4H2,1H3,(H,10,12). The summed E-state index contributed by atoms with van der Waals surface area (Å²) in [7, 11) is 1.56. The van der Waals surface area contributed by atoms with Crippen LogP contribution in [-0.4, -0.2) is 17.5 Å². The van der Waals surface area contributed by atoms with Gasteiger partial charge in [-0.1, -0.05) is 23.2 Å². The van der Waals surface area contributed by atoms with E-state index in [0.29, 0.717) is 10.3 Å². The quantitative estimate of drug-likeness (QED) is 0.784. The first-order valence-corrected chi connectivity index (χ1v) is 4.12. The van der Waals surface area contributed by atoms with Gasteiger partial charge in [0, 0.05) is 7.05 Å². The summed E-state index contributed by atoms with van der Waals surface area (Å²) in [5, 5.41) is 3.40. The van der Waals surface area contributed by atoms with Gasteiger partial charge in [0.15, 0.2) is 0 Å². The van der Waals surface area contributed by atoms with E-state index in [-0.39, 0.29) is 12.5 Å². The monoisotopic (exact) mass is 206 g/mol. The highest BCUT2D eigenvalue weighted by atomic mass is 35.5. The second-order valence-corrected chi connectivity index (χ2v) is 3.01. The highest BCUT2D eigenvalue weighted by molar-refractivity contribution is 6.33. The first kappa shape index (κ1) is 9.42. The third-order valence-electron chi connectivity index (χ3n) is 1.45. The van der Waals surface area contributed by atoms with Gasteiger partial charge in [0.05, 0.1) is 0 Å². The summed E-state index contributed by atoms with van der Waals surface area (Å²) in [6.07, 6.45) is 0. The number of carbonyl (C=O) groups excluding carboxylic acids is 1.